The summed E-state index contributed by atoms with van der Waals surface area (Å²) in [6, 6.07) is 37.1. The van der Waals surface area contributed by atoms with Gasteiger partial charge in [0.1, 0.15) is 0 Å². The van der Waals surface area contributed by atoms with Crippen LogP contribution in [0.25, 0.3) is 22.3 Å². The summed E-state index contributed by atoms with van der Waals surface area (Å²) in [7, 11) is 0. The quantitative estimate of drug-likeness (QED) is 0.199. The van der Waals surface area contributed by atoms with E-state index in [2.05, 4.69) is 142 Å². The third-order valence-electron chi connectivity index (χ3n) is 7.61. The number of rotatable bonds is 3. The van der Waals surface area contributed by atoms with Crippen LogP contribution in [0.15, 0.2) is 112 Å². The van der Waals surface area contributed by atoms with Gasteiger partial charge in [-0.2, -0.15) is 0 Å². The van der Waals surface area contributed by atoms with Crippen molar-refractivity contribution in [1.82, 2.24) is 0 Å². The number of fused-ring (bicyclic) bond motifs is 4. The molecule has 0 aromatic heterocycles. The summed E-state index contributed by atoms with van der Waals surface area (Å²) in [6.07, 6.45) is 0. The molecule has 180 valence electrons. The molecule has 1 aliphatic heterocycles. The third kappa shape index (κ3) is 3.36. The highest BCUT2D eigenvalue weighted by molar-refractivity contribution is 9.10. The second kappa shape index (κ2) is 8.61. The molecule has 0 N–H and O–H groups in total. The van der Waals surface area contributed by atoms with Crippen LogP contribution in [-0.4, -0.2) is 6.79 Å². The minimum atomic E-state index is -0.544. The van der Waals surface area contributed by atoms with Gasteiger partial charge in [-0.05, 0) is 93.4 Å². The first-order valence-electron chi connectivity index (χ1n) is 12.2. The minimum Gasteiger partial charge on any atom is -0.454 e. The fraction of sp³-hybridized carbons (Fsp3) is 0.0909. The molecule has 2 aliphatic rings. The molecule has 4 heteroatoms. The zero-order chi connectivity index (χ0) is 25.1. The Morgan fingerprint density at radius 3 is 1.89 bits per heavy atom. The van der Waals surface area contributed by atoms with E-state index in [0.29, 0.717) is 0 Å². The molecule has 0 amide bonds. The molecule has 1 aliphatic carbocycles. The van der Waals surface area contributed by atoms with Gasteiger partial charge in [0, 0.05) is 8.95 Å². The van der Waals surface area contributed by atoms with E-state index in [1.807, 2.05) is 0 Å². The number of hydrogen-bond acceptors (Lipinski definition) is 2. The van der Waals surface area contributed by atoms with Gasteiger partial charge in [-0.1, -0.05) is 98.6 Å². The Morgan fingerprint density at radius 2 is 1.22 bits per heavy atom. The Labute approximate surface area is 233 Å². The van der Waals surface area contributed by atoms with Gasteiger partial charge in [0.05, 0.1) is 5.41 Å². The van der Waals surface area contributed by atoms with E-state index in [1.165, 1.54) is 50.1 Å². The van der Waals surface area contributed by atoms with Gasteiger partial charge in [-0.3, -0.25) is 0 Å². The van der Waals surface area contributed by atoms with E-state index in [0.717, 1.165) is 20.4 Å². The minimum absolute atomic E-state index is 0.241. The van der Waals surface area contributed by atoms with Gasteiger partial charge in [-0.25, -0.2) is 0 Å². The largest absolute Gasteiger partial charge is 0.454 e. The zero-order valence-electron chi connectivity index (χ0n) is 20.1. The molecule has 0 fully saturated rings. The van der Waals surface area contributed by atoms with Gasteiger partial charge < -0.3 is 9.47 Å². The molecule has 1 heterocycles. The average Bonchev–Trinajstić information content (AvgIpc) is 3.48. The Balaban J connectivity index is 1.68. The molecule has 0 saturated heterocycles. The van der Waals surface area contributed by atoms with E-state index in [4.69, 9.17) is 9.47 Å². The molecule has 0 spiro atoms. The number of benzene rings is 5. The maximum atomic E-state index is 5.93. The Hall–Kier alpha value is -3.34. The van der Waals surface area contributed by atoms with Crippen molar-refractivity contribution in [2.45, 2.75) is 12.3 Å². The van der Waals surface area contributed by atoms with Crippen LogP contribution in [-0.2, 0) is 5.41 Å². The lowest BCUT2D eigenvalue weighted by Gasteiger charge is -2.34. The molecule has 5 aromatic carbocycles. The summed E-state index contributed by atoms with van der Waals surface area (Å²) in [5.41, 5.74) is 10.4. The molecule has 7 rings (SSSR count). The predicted molar refractivity (Wildman–Crippen MR) is 155 cm³/mol. The Bertz CT molecular complexity index is 1660. The second-order valence-electron chi connectivity index (χ2n) is 9.56. The highest BCUT2D eigenvalue weighted by atomic mass is 79.9. The number of halogens is 2. The normalized spacial score (nSPS) is 14.4. The van der Waals surface area contributed by atoms with Gasteiger partial charge in [0.25, 0.3) is 0 Å². The molecule has 0 unspecified atom stereocenters. The fourth-order valence-corrected chi connectivity index (χ4v) is 6.89. The molecule has 0 bridgehead atoms. The van der Waals surface area contributed by atoms with Crippen molar-refractivity contribution < 1.29 is 9.47 Å². The number of ether oxygens (including phenoxy) is 2. The van der Waals surface area contributed by atoms with Crippen molar-refractivity contribution in [1.29, 1.82) is 0 Å². The van der Waals surface area contributed by atoms with Gasteiger partial charge in [-0.15, -0.1) is 0 Å². The smallest absolute Gasteiger partial charge is 0.231 e. The predicted octanol–water partition coefficient (Wildman–Crippen LogP) is 9.28. The standard InChI is InChI=1S/C33H22Br2O2/c1-20-7-2-3-12-25(20)26-13-6-14-28-32(26)27-17-30-31(37-19-36-30)18-29(27)33(28,21-8-4-10-23(34)15-21)22-9-5-11-24(35)16-22/h2-18H,19H2,1H3. The van der Waals surface area contributed by atoms with Crippen LogP contribution in [0.3, 0.4) is 0 Å². The topological polar surface area (TPSA) is 18.5 Å². The first-order chi connectivity index (χ1) is 18.1. The fourth-order valence-electron chi connectivity index (χ4n) is 6.09. The van der Waals surface area contributed by atoms with E-state index in [1.54, 1.807) is 0 Å². The van der Waals surface area contributed by atoms with Gasteiger partial charge in [0.2, 0.25) is 6.79 Å². The maximum absolute atomic E-state index is 5.93. The molecule has 0 atom stereocenters. The van der Waals surface area contributed by atoms with E-state index < -0.39 is 5.41 Å². The second-order valence-corrected chi connectivity index (χ2v) is 11.4. The molecular weight excluding hydrogens is 588 g/mol. The molecule has 5 aromatic rings. The summed E-state index contributed by atoms with van der Waals surface area (Å²) in [5, 5.41) is 0. The van der Waals surface area contributed by atoms with Crippen LogP contribution in [0.2, 0.25) is 0 Å². The van der Waals surface area contributed by atoms with Crippen LogP contribution in [0.4, 0.5) is 0 Å². The van der Waals surface area contributed by atoms with Crippen molar-refractivity contribution in [3.63, 3.8) is 0 Å². The Morgan fingerprint density at radius 1 is 0.595 bits per heavy atom. The van der Waals surface area contributed by atoms with E-state index >= 15 is 0 Å². The SMILES string of the molecule is Cc1ccccc1-c1cccc2c1-c1cc3c(cc1C2(c1cccc(Br)c1)c1cccc(Br)c1)OCO3. The van der Waals surface area contributed by atoms with Crippen molar-refractivity contribution in [2.24, 2.45) is 0 Å². The van der Waals surface area contributed by atoms with Crippen molar-refractivity contribution in [3.05, 3.63) is 140 Å². The maximum Gasteiger partial charge on any atom is 0.231 e. The molecule has 0 saturated carbocycles. The molecule has 2 nitrogen and oxygen atoms in total. The third-order valence-corrected chi connectivity index (χ3v) is 8.59. The zero-order valence-corrected chi connectivity index (χ0v) is 23.3. The van der Waals surface area contributed by atoms with E-state index in [9.17, 15) is 0 Å². The van der Waals surface area contributed by atoms with Crippen LogP contribution in [0.5, 0.6) is 11.5 Å². The first kappa shape index (κ1) is 22.8. The first-order valence-corrected chi connectivity index (χ1v) is 13.8. The summed E-state index contributed by atoms with van der Waals surface area (Å²) >= 11 is 7.51. The molecule has 37 heavy (non-hydrogen) atoms. The van der Waals surface area contributed by atoms with Crippen LogP contribution in [0.1, 0.15) is 27.8 Å². The van der Waals surface area contributed by atoms with E-state index in [-0.39, 0.29) is 6.79 Å². The highest BCUT2D eigenvalue weighted by Crippen LogP contribution is 2.60. The number of aryl methyl sites for hydroxylation is 1. The average molecular weight is 610 g/mol. The summed E-state index contributed by atoms with van der Waals surface area (Å²) in [6.45, 7) is 2.42. The Kier molecular flexibility index (Phi) is 5.31. The monoisotopic (exact) mass is 608 g/mol. The summed E-state index contributed by atoms with van der Waals surface area (Å²) in [4.78, 5) is 0. The molecule has 0 radical (unpaired) electrons. The van der Waals surface area contributed by atoms with Crippen LogP contribution in [0, 0.1) is 6.92 Å². The summed E-state index contributed by atoms with van der Waals surface area (Å²) < 4.78 is 13.9. The lowest BCUT2D eigenvalue weighted by molar-refractivity contribution is 0.174. The van der Waals surface area contributed by atoms with Crippen molar-refractivity contribution in [3.8, 4) is 33.8 Å². The highest BCUT2D eigenvalue weighted by Gasteiger charge is 2.48. The van der Waals surface area contributed by atoms with Gasteiger partial charge >= 0.3 is 0 Å². The lowest BCUT2D eigenvalue weighted by atomic mass is 9.67. The van der Waals surface area contributed by atoms with Crippen molar-refractivity contribution >= 4 is 31.9 Å². The lowest BCUT2D eigenvalue weighted by Crippen LogP contribution is -2.28. The summed E-state index contributed by atoms with van der Waals surface area (Å²) in [5.74, 6) is 1.59. The number of hydrogen-bond donors (Lipinski definition) is 0. The van der Waals surface area contributed by atoms with Crippen molar-refractivity contribution in [2.75, 3.05) is 6.79 Å². The van der Waals surface area contributed by atoms with Crippen LogP contribution < -0.4 is 9.47 Å². The van der Waals surface area contributed by atoms with Gasteiger partial charge in [0.15, 0.2) is 11.5 Å². The molecular formula is C33H22Br2O2. The van der Waals surface area contributed by atoms with Crippen LogP contribution >= 0.6 is 31.9 Å².